The normalized spacial score (nSPS) is 12.4. The summed E-state index contributed by atoms with van der Waals surface area (Å²) in [5.41, 5.74) is 8.79. The summed E-state index contributed by atoms with van der Waals surface area (Å²) < 4.78 is 1.09. The summed E-state index contributed by atoms with van der Waals surface area (Å²) in [6.07, 6.45) is 0.897. The van der Waals surface area contributed by atoms with Gasteiger partial charge in [0.2, 0.25) is 0 Å². The molecule has 1 atom stereocenters. The number of hydrazine groups is 1. The van der Waals surface area contributed by atoms with Gasteiger partial charge >= 0.3 is 0 Å². The van der Waals surface area contributed by atoms with Crippen molar-refractivity contribution in [1.82, 2.24) is 10.9 Å². The van der Waals surface area contributed by atoms with E-state index in [-0.39, 0.29) is 6.04 Å². The fraction of sp³-hybridized carbons (Fsp3) is 0.200. The monoisotopic (exact) mass is 338 g/mol. The molecule has 2 nitrogen and oxygen atoms in total. The van der Waals surface area contributed by atoms with Crippen LogP contribution in [0.1, 0.15) is 17.2 Å². The van der Waals surface area contributed by atoms with Crippen molar-refractivity contribution >= 4 is 27.5 Å². The molecule has 0 heterocycles. The minimum atomic E-state index is 0.212. The van der Waals surface area contributed by atoms with Gasteiger partial charge in [-0.2, -0.15) is 0 Å². The lowest BCUT2D eigenvalue weighted by atomic mass is 9.99. The van der Waals surface area contributed by atoms with Crippen LogP contribution < -0.4 is 10.9 Å². The maximum atomic E-state index is 5.91. The molecule has 0 saturated heterocycles. The van der Waals surface area contributed by atoms with E-state index >= 15 is 0 Å². The minimum absolute atomic E-state index is 0.212. The van der Waals surface area contributed by atoms with Gasteiger partial charge in [-0.05, 0) is 48.9 Å². The van der Waals surface area contributed by atoms with Crippen LogP contribution in [-0.2, 0) is 6.42 Å². The quantitative estimate of drug-likeness (QED) is 0.801. The number of halogens is 2. The van der Waals surface area contributed by atoms with Gasteiger partial charge in [0, 0.05) is 9.50 Å². The first-order chi connectivity index (χ1) is 9.19. The molecule has 4 heteroatoms. The van der Waals surface area contributed by atoms with E-state index in [4.69, 9.17) is 11.6 Å². The smallest absolute Gasteiger partial charge is 0.0502 e. The third kappa shape index (κ3) is 4.32. The van der Waals surface area contributed by atoms with Gasteiger partial charge < -0.3 is 0 Å². The molecule has 1 unspecified atom stereocenters. The molecule has 0 radical (unpaired) electrons. The summed E-state index contributed by atoms with van der Waals surface area (Å²) in [5.74, 6) is 0. The molecule has 0 aliphatic heterocycles. The minimum Gasteiger partial charge on any atom is -0.260 e. The molecule has 2 N–H and O–H groups in total. The predicted octanol–water partition coefficient (Wildman–Crippen LogP) is 4.11. The molecule has 0 aliphatic carbocycles. The van der Waals surface area contributed by atoms with Crippen molar-refractivity contribution in [2.75, 3.05) is 7.05 Å². The van der Waals surface area contributed by atoms with Crippen LogP contribution in [0.2, 0.25) is 5.02 Å². The standard InChI is InChI=1S/C15H16BrClN2/c1-18-19-15(12-3-2-4-13(16)10-12)9-11-5-7-14(17)8-6-11/h2-8,10,15,18-19H,9H2,1H3. The Balaban J connectivity index is 2.18. The van der Waals surface area contributed by atoms with Crippen LogP contribution in [0.4, 0.5) is 0 Å². The maximum Gasteiger partial charge on any atom is 0.0502 e. The van der Waals surface area contributed by atoms with Gasteiger partial charge in [0.25, 0.3) is 0 Å². The summed E-state index contributed by atoms with van der Waals surface area (Å²) >= 11 is 9.42. The third-order valence-corrected chi connectivity index (χ3v) is 3.67. The van der Waals surface area contributed by atoms with Crippen molar-refractivity contribution in [2.24, 2.45) is 0 Å². The highest BCUT2D eigenvalue weighted by Crippen LogP contribution is 2.22. The summed E-state index contributed by atoms with van der Waals surface area (Å²) in [6, 6.07) is 16.5. The van der Waals surface area contributed by atoms with Gasteiger partial charge in [0.15, 0.2) is 0 Å². The Hall–Kier alpha value is -0.870. The molecule has 2 aromatic rings. The fourth-order valence-corrected chi connectivity index (χ4v) is 2.55. The van der Waals surface area contributed by atoms with Crippen molar-refractivity contribution in [3.8, 4) is 0 Å². The van der Waals surface area contributed by atoms with E-state index in [1.165, 1.54) is 11.1 Å². The molecule has 0 spiro atoms. The van der Waals surface area contributed by atoms with Crippen LogP contribution in [0.3, 0.4) is 0 Å². The Bertz CT molecular complexity index is 528. The number of nitrogens with one attached hydrogen (secondary N) is 2. The zero-order chi connectivity index (χ0) is 13.7. The predicted molar refractivity (Wildman–Crippen MR) is 84.2 cm³/mol. The van der Waals surface area contributed by atoms with Gasteiger partial charge in [0.05, 0.1) is 6.04 Å². The highest BCUT2D eigenvalue weighted by atomic mass is 79.9. The zero-order valence-electron chi connectivity index (χ0n) is 10.7. The van der Waals surface area contributed by atoms with E-state index in [0.717, 1.165) is 15.9 Å². The second-order valence-corrected chi connectivity index (χ2v) is 5.68. The average molecular weight is 340 g/mol. The summed E-state index contributed by atoms with van der Waals surface area (Å²) in [5, 5.41) is 0.768. The maximum absolute atomic E-state index is 5.91. The number of benzene rings is 2. The van der Waals surface area contributed by atoms with Gasteiger partial charge in [-0.25, -0.2) is 0 Å². The molecule has 0 fully saturated rings. The largest absolute Gasteiger partial charge is 0.260 e. The highest BCUT2D eigenvalue weighted by molar-refractivity contribution is 9.10. The Morgan fingerprint density at radius 1 is 1.16 bits per heavy atom. The molecular weight excluding hydrogens is 324 g/mol. The molecule has 0 aliphatic rings. The van der Waals surface area contributed by atoms with Crippen LogP contribution >= 0.6 is 27.5 Å². The van der Waals surface area contributed by atoms with Crippen LogP contribution in [0, 0.1) is 0 Å². The first-order valence-corrected chi connectivity index (χ1v) is 7.28. The van der Waals surface area contributed by atoms with E-state index in [2.05, 4.69) is 51.0 Å². The third-order valence-electron chi connectivity index (χ3n) is 2.92. The molecule has 2 aromatic carbocycles. The van der Waals surface area contributed by atoms with Crippen molar-refractivity contribution in [3.05, 3.63) is 69.2 Å². The van der Waals surface area contributed by atoms with Crippen molar-refractivity contribution < 1.29 is 0 Å². The van der Waals surface area contributed by atoms with Gasteiger partial charge in [-0.15, -0.1) is 0 Å². The summed E-state index contributed by atoms with van der Waals surface area (Å²) in [4.78, 5) is 0. The van der Waals surface area contributed by atoms with Gasteiger partial charge in [0.1, 0.15) is 0 Å². The molecule has 0 saturated carbocycles. The molecule has 2 rings (SSSR count). The number of hydrogen-bond acceptors (Lipinski definition) is 2. The molecule has 19 heavy (non-hydrogen) atoms. The molecule has 0 amide bonds. The summed E-state index contributed by atoms with van der Waals surface area (Å²) in [6.45, 7) is 0. The lowest BCUT2D eigenvalue weighted by Gasteiger charge is -2.19. The van der Waals surface area contributed by atoms with E-state index in [1.54, 1.807) is 0 Å². The lowest BCUT2D eigenvalue weighted by Crippen LogP contribution is -2.33. The Morgan fingerprint density at radius 3 is 2.53 bits per heavy atom. The van der Waals surface area contributed by atoms with Crippen LogP contribution in [-0.4, -0.2) is 7.05 Å². The second kappa shape index (κ2) is 7.06. The van der Waals surface area contributed by atoms with E-state index in [0.29, 0.717) is 0 Å². The lowest BCUT2D eigenvalue weighted by molar-refractivity contribution is 0.472. The highest BCUT2D eigenvalue weighted by Gasteiger charge is 2.11. The topological polar surface area (TPSA) is 24.1 Å². The van der Waals surface area contributed by atoms with E-state index < -0.39 is 0 Å². The van der Waals surface area contributed by atoms with Crippen molar-refractivity contribution in [2.45, 2.75) is 12.5 Å². The van der Waals surface area contributed by atoms with Gasteiger partial charge in [-0.3, -0.25) is 10.9 Å². The van der Waals surface area contributed by atoms with Crippen LogP contribution in [0.15, 0.2) is 53.0 Å². The van der Waals surface area contributed by atoms with E-state index in [9.17, 15) is 0 Å². The van der Waals surface area contributed by atoms with Crippen molar-refractivity contribution in [3.63, 3.8) is 0 Å². The SMILES string of the molecule is CNNC(Cc1ccc(Cl)cc1)c1cccc(Br)c1. The molecule has 0 aromatic heterocycles. The average Bonchev–Trinajstić information content (AvgIpc) is 2.41. The number of rotatable bonds is 5. The summed E-state index contributed by atoms with van der Waals surface area (Å²) in [7, 11) is 1.88. The second-order valence-electron chi connectivity index (χ2n) is 4.33. The van der Waals surface area contributed by atoms with Gasteiger partial charge in [-0.1, -0.05) is 51.8 Å². The zero-order valence-corrected chi connectivity index (χ0v) is 13.0. The Labute approximate surface area is 127 Å². The molecule has 0 bridgehead atoms. The first kappa shape index (κ1) is 14.5. The van der Waals surface area contributed by atoms with Crippen LogP contribution in [0.25, 0.3) is 0 Å². The molecular formula is C15H16BrClN2. The van der Waals surface area contributed by atoms with Crippen molar-refractivity contribution in [1.29, 1.82) is 0 Å². The first-order valence-electron chi connectivity index (χ1n) is 6.11. The van der Waals surface area contributed by atoms with Crippen LogP contribution in [0.5, 0.6) is 0 Å². The number of hydrogen-bond donors (Lipinski definition) is 2. The molecule has 100 valence electrons. The Kier molecular flexibility index (Phi) is 5.40. The fourth-order valence-electron chi connectivity index (χ4n) is 2.01. The Morgan fingerprint density at radius 2 is 1.89 bits per heavy atom. The van der Waals surface area contributed by atoms with E-state index in [1.807, 2.05) is 31.3 Å².